The van der Waals surface area contributed by atoms with Crippen molar-refractivity contribution in [3.8, 4) is 0 Å². The number of hydrogen-bond acceptors (Lipinski definition) is 5. The number of thioether (sulfide) groups is 1. The maximum absolute atomic E-state index is 11.7. The molecule has 1 aliphatic rings. The molecule has 2 N–H and O–H groups in total. The Labute approximate surface area is 111 Å². The summed E-state index contributed by atoms with van der Waals surface area (Å²) in [5.74, 6) is 1.36. The van der Waals surface area contributed by atoms with Crippen LogP contribution in [-0.4, -0.2) is 35.2 Å². The lowest BCUT2D eigenvalue weighted by molar-refractivity contribution is -0.118. The predicted octanol–water partition coefficient (Wildman–Crippen LogP) is 1.08. The molecule has 1 aromatic rings. The van der Waals surface area contributed by atoms with Crippen molar-refractivity contribution in [1.29, 1.82) is 0 Å². The third kappa shape index (κ3) is 4.34. The number of aromatic nitrogens is 1. The van der Waals surface area contributed by atoms with Crippen molar-refractivity contribution in [3.63, 3.8) is 0 Å². The number of carbonyl (C=O) groups excluding carboxylic acids is 1. The van der Waals surface area contributed by atoms with Gasteiger partial charge in [-0.15, -0.1) is 11.8 Å². The maximum atomic E-state index is 11.7. The minimum atomic E-state index is 0.0687. The number of piperidine rings is 1. The van der Waals surface area contributed by atoms with E-state index < -0.39 is 0 Å². The van der Waals surface area contributed by atoms with Crippen LogP contribution in [0.4, 0.5) is 0 Å². The molecule has 2 heterocycles. The zero-order chi connectivity index (χ0) is 12.8. The van der Waals surface area contributed by atoms with Gasteiger partial charge < -0.3 is 15.2 Å². The van der Waals surface area contributed by atoms with E-state index in [4.69, 9.17) is 4.52 Å². The molecule has 0 saturated carbocycles. The van der Waals surface area contributed by atoms with Crippen LogP contribution in [0.5, 0.6) is 0 Å². The standard InChI is InChI=1S/C12H19N3O2S/c1-9-6-10(15-17-9)7-14-12(16)8-18-11-2-4-13-5-3-11/h6,11,13H,2-5,7-8H2,1H3,(H,14,16). The van der Waals surface area contributed by atoms with E-state index in [1.54, 1.807) is 11.8 Å². The SMILES string of the molecule is Cc1cc(CNC(=O)CSC2CCNCC2)no1. The third-order valence-corrected chi connectivity index (χ3v) is 4.25. The van der Waals surface area contributed by atoms with Crippen molar-refractivity contribution in [2.45, 2.75) is 31.6 Å². The molecule has 1 aromatic heterocycles. The molecule has 0 aromatic carbocycles. The second-order valence-corrected chi connectivity index (χ2v) is 5.75. The van der Waals surface area contributed by atoms with Crippen molar-refractivity contribution >= 4 is 17.7 Å². The van der Waals surface area contributed by atoms with Crippen LogP contribution in [-0.2, 0) is 11.3 Å². The zero-order valence-corrected chi connectivity index (χ0v) is 11.4. The second-order valence-electron chi connectivity index (χ2n) is 4.47. The Hall–Kier alpha value is -1.01. The maximum Gasteiger partial charge on any atom is 0.230 e. The van der Waals surface area contributed by atoms with E-state index >= 15 is 0 Å². The van der Waals surface area contributed by atoms with Crippen LogP contribution in [0.3, 0.4) is 0 Å². The Balaban J connectivity index is 1.62. The Morgan fingerprint density at radius 1 is 1.61 bits per heavy atom. The lowest BCUT2D eigenvalue weighted by Crippen LogP contribution is -2.31. The number of amides is 1. The molecule has 1 fully saturated rings. The molecule has 5 nitrogen and oxygen atoms in total. The molecule has 1 amide bonds. The van der Waals surface area contributed by atoms with Gasteiger partial charge in [-0.25, -0.2) is 0 Å². The number of hydrogen-bond donors (Lipinski definition) is 2. The van der Waals surface area contributed by atoms with E-state index in [2.05, 4.69) is 15.8 Å². The van der Waals surface area contributed by atoms with Gasteiger partial charge >= 0.3 is 0 Å². The molecule has 1 aliphatic heterocycles. The molecule has 2 rings (SSSR count). The minimum absolute atomic E-state index is 0.0687. The number of nitrogens with one attached hydrogen (secondary N) is 2. The first-order valence-electron chi connectivity index (χ1n) is 6.25. The average molecular weight is 269 g/mol. The van der Waals surface area contributed by atoms with Crippen molar-refractivity contribution < 1.29 is 9.32 Å². The Morgan fingerprint density at radius 3 is 3.06 bits per heavy atom. The highest BCUT2D eigenvalue weighted by molar-refractivity contribution is 8.00. The fourth-order valence-corrected chi connectivity index (χ4v) is 2.96. The van der Waals surface area contributed by atoms with Gasteiger partial charge in [0, 0.05) is 11.3 Å². The topological polar surface area (TPSA) is 67.2 Å². The number of rotatable bonds is 5. The summed E-state index contributed by atoms with van der Waals surface area (Å²) in [6, 6.07) is 1.83. The second kappa shape index (κ2) is 6.80. The average Bonchev–Trinajstić information content (AvgIpc) is 2.81. The molecule has 0 radical (unpaired) electrons. The highest BCUT2D eigenvalue weighted by Gasteiger charge is 2.14. The molecule has 0 atom stereocenters. The molecule has 100 valence electrons. The molecule has 18 heavy (non-hydrogen) atoms. The molecular formula is C12H19N3O2S. The van der Waals surface area contributed by atoms with Gasteiger partial charge in [-0.1, -0.05) is 5.16 Å². The summed E-state index contributed by atoms with van der Waals surface area (Å²) >= 11 is 1.75. The molecule has 0 bridgehead atoms. The molecular weight excluding hydrogens is 250 g/mol. The number of nitrogens with zero attached hydrogens (tertiary/aromatic N) is 1. The minimum Gasteiger partial charge on any atom is -0.361 e. The fraction of sp³-hybridized carbons (Fsp3) is 0.667. The monoisotopic (exact) mass is 269 g/mol. The van der Waals surface area contributed by atoms with Crippen LogP contribution < -0.4 is 10.6 Å². The van der Waals surface area contributed by atoms with Crippen molar-refractivity contribution in [3.05, 3.63) is 17.5 Å². The van der Waals surface area contributed by atoms with Crippen LogP contribution in [0.25, 0.3) is 0 Å². The smallest absolute Gasteiger partial charge is 0.230 e. The van der Waals surface area contributed by atoms with E-state index in [9.17, 15) is 4.79 Å². The summed E-state index contributed by atoms with van der Waals surface area (Å²) in [6.07, 6.45) is 2.31. The van der Waals surface area contributed by atoms with Gasteiger partial charge in [-0.05, 0) is 32.9 Å². The Kier molecular flexibility index (Phi) is 5.07. The van der Waals surface area contributed by atoms with Crippen molar-refractivity contribution in [1.82, 2.24) is 15.8 Å². The Bertz CT molecular complexity index is 388. The largest absolute Gasteiger partial charge is 0.361 e. The predicted molar refractivity (Wildman–Crippen MR) is 71.4 cm³/mol. The first kappa shape index (κ1) is 13.4. The van der Waals surface area contributed by atoms with Gasteiger partial charge in [-0.2, -0.15) is 0 Å². The van der Waals surface area contributed by atoms with E-state index in [1.165, 1.54) is 0 Å². The molecule has 0 spiro atoms. The summed E-state index contributed by atoms with van der Waals surface area (Å²) in [5.41, 5.74) is 0.771. The number of carbonyl (C=O) groups is 1. The van der Waals surface area contributed by atoms with Crippen molar-refractivity contribution in [2.24, 2.45) is 0 Å². The molecule has 6 heteroatoms. The van der Waals surface area contributed by atoms with E-state index in [1.807, 2.05) is 13.0 Å². The van der Waals surface area contributed by atoms with Crippen LogP contribution >= 0.6 is 11.8 Å². The molecule has 0 unspecified atom stereocenters. The van der Waals surface area contributed by atoms with E-state index in [0.717, 1.165) is 37.4 Å². The van der Waals surface area contributed by atoms with Gasteiger partial charge in [0.05, 0.1) is 12.3 Å². The van der Waals surface area contributed by atoms with Gasteiger partial charge in [0.1, 0.15) is 11.5 Å². The normalized spacial score (nSPS) is 16.7. The van der Waals surface area contributed by atoms with E-state index in [-0.39, 0.29) is 5.91 Å². The van der Waals surface area contributed by atoms with E-state index in [0.29, 0.717) is 17.5 Å². The third-order valence-electron chi connectivity index (χ3n) is 2.88. The zero-order valence-electron chi connectivity index (χ0n) is 10.6. The summed E-state index contributed by atoms with van der Waals surface area (Å²) in [7, 11) is 0. The lowest BCUT2D eigenvalue weighted by Gasteiger charge is -2.21. The first-order valence-corrected chi connectivity index (χ1v) is 7.30. The van der Waals surface area contributed by atoms with Gasteiger partial charge in [0.2, 0.25) is 5.91 Å². The van der Waals surface area contributed by atoms with Crippen LogP contribution in [0.1, 0.15) is 24.3 Å². The van der Waals surface area contributed by atoms with Gasteiger partial charge in [-0.3, -0.25) is 4.79 Å². The Morgan fingerprint density at radius 2 is 2.39 bits per heavy atom. The molecule has 1 saturated heterocycles. The highest BCUT2D eigenvalue weighted by atomic mass is 32.2. The van der Waals surface area contributed by atoms with Crippen LogP contribution in [0, 0.1) is 6.92 Å². The number of aryl methyl sites for hydroxylation is 1. The molecule has 0 aliphatic carbocycles. The van der Waals surface area contributed by atoms with Crippen LogP contribution in [0.15, 0.2) is 10.6 Å². The highest BCUT2D eigenvalue weighted by Crippen LogP contribution is 2.19. The van der Waals surface area contributed by atoms with Gasteiger partial charge in [0.25, 0.3) is 0 Å². The van der Waals surface area contributed by atoms with Crippen LogP contribution in [0.2, 0.25) is 0 Å². The lowest BCUT2D eigenvalue weighted by atomic mass is 10.2. The summed E-state index contributed by atoms with van der Waals surface area (Å²) in [5, 5.41) is 10.6. The van der Waals surface area contributed by atoms with Gasteiger partial charge in [0.15, 0.2) is 0 Å². The van der Waals surface area contributed by atoms with Crippen molar-refractivity contribution in [2.75, 3.05) is 18.8 Å². The quantitative estimate of drug-likeness (QED) is 0.837. The first-order chi connectivity index (χ1) is 8.74. The fourth-order valence-electron chi connectivity index (χ4n) is 1.90. The summed E-state index contributed by atoms with van der Waals surface area (Å²) < 4.78 is 4.94. The summed E-state index contributed by atoms with van der Waals surface area (Å²) in [6.45, 7) is 4.42. The summed E-state index contributed by atoms with van der Waals surface area (Å²) in [4.78, 5) is 11.7.